The number of thiophene rings is 1. The Morgan fingerprint density at radius 3 is 2.63 bits per heavy atom. The number of hydrogen-bond donors (Lipinski definition) is 2. The van der Waals surface area contributed by atoms with Gasteiger partial charge in [0.05, 0.1) is 6.10 Å². The summed E-state index contributed by atoms with van der Waals surface area (Å²) in [6, 6.07) is 12.9. The van der Waals surface area contributed by atoms with Crippen LogP contribution in [0.25, 0.3) is 0 Å². The molecule has 1 aromatic heterocycles. The van der Waals surface area contributed by atoms with E-state index in [0.29, 0.717) is 12.6 Å². The molecule has 2 atom stereocenters. The molecule has 2 N–H and O–H groups in total. The third-order valence-corrected chi connectivity index (χ3v) is 4.05. The average Bonchev–Trinajstić information content (AvgIpc) is 2.98. The van der Waals surface area contributed by atoms with Gasteiger partial charge in [-0.25, -0.2) is 0 Å². The van der Waals surface area contributed by atoms with Crippen molar-refractivity contribution in [1.82, 2.24) is 5.32 Å². The maximum absolute atomic E-state index is 10.1. The second kappa shape index (κ2) is 7.43. The molecule has 19 heavy (non-hydrogen) atoms. The first-order chi connectivity index (χ1) is 9.29. The van der Waals surface area contributed by atoms with Gasteiger partial charge in [-0.05, 0) is 40.8 Å². The van der Waals surface area contributed by atoms with Crippen molar-refractivity contribution in [2.75, 3.05) is 6.54 Å². The maximum Gasteiger partial charge on any atom is 0.0922 e. The van der Waals surface area contributed by atoms with E-state index >= 15 is 0 Å². The molecule has 0 radical (unpaired) electrons. The molecular formula is C16H21NOS. The van der Waals surface area contributed by atoms with Crippen LogP contribution >= 0.6 is 11.3 Å². The maximum atomic E-state index is 10.1. The molecular weight excluding hydrogens is 254 g/mol. The molecule has 0 aliphatic heterocycles. The molecule has 0 spiro atoms. The summed E-state index contributed by atoms with van der Waals surface area (Å²) in [5, 5.41) is 17.5. The van der Waals surface area contributed by atoms with Gasteiger partial charge in [0.15, 0.2) is 0 Å². The van der Waals surface area contributed by atoms with Crippen molar-refractivity contribution in [3.05, 3.63) is 58.3 Å². The molecule has 102 valence electrons. The summed E-state index contributed by atoms with van der Waals surface area (Å²) in [4.78, 5) is 0. The molecule has 1 heterocycles. The first-order valence-electron chi connectivity index (χ1n) is 6.77. The van der Waals surface area contributed by atoms with E-state index in [1.165, 1.54) is 5.56 Å². The van der Waals surface area contributed by atoms with Crippen LogP contribution in [0.3, 0.4) is 0 Å². The number of benzene rings is 1. The Labute approximate surface area is 119 Å². The van der Waals surface area contributed by atoms with Crippen molar-refractivity contribution in [2.45, 2.75) is 31.9 Å². The molecule has 0 bridgehead atoms. The quantitative estimate of drug-likeness (QED) is 0.812. The van der Waals surface area contributed by atoms with Crippen LogP contribution in [0.15, 0.2) is 47.2 Å². The van der Waals surface area contributed by atoms with Gasteiger partial charge in [0, 0.05) is 12.6 Å². The summed E-state index contributed by atoms with van der Waals surface area (Å²) < 4.78 is 0. The second-order valence-electron chi connectivity index (χ2n) is 4.78. The zero-order valence-electron chi connectivity index (χ0n) is 11.3. The topological polar surface area (TPSA) is 32.3 Å². The Bertz CT molecular complexity index is 455. The van der Waals surface area contributed by atoms with E-state index in [1.54, 1.807) is 11.3 Å². The molecule has 0 saturated heterocycles. The molecule has 0 saturated carbocycles. The van der Waals surface area contributed by atoms with Gasteiger partial charge in [-0.15, -0.1) is 0 Å². The SMILES string of the molecule is CCC(Cc1ccccc1)NCC(O)c1ccsc1. The van der Waals surface area contributed by atoms with Gasteiger partial charge in [-0.3, -0.25) is 0 Å². The highest BCUT2D eigenvalue weighted by molar-refractivity contribution is 7.07. The van der Waals surface area contributed by atoms with E-state index in [1.807, 2.05) is 22.9 Å². The largest absolute Gasteiger partial charge is 0.387 e. The Morgan fingerprint density at radius 1 is 1.21 bits per heavy atom. The van der Waals surface area contributed by atoms with Crippen molar-refractivity contribution in [3.63, 3.8) is 0 Å². The standard InChI is InChI=1S/C16H21NOS/c1-2-15(10-13-6-4-3-5-7-13)17-11-16(18)14-8-9-19-12-14/h3-9,12,15-18H,2,10-11H2,1H3. The monoisotopic (exact) mass is 275 g/mol. The number of aliphatic hydroxyl groups is 1. The van der Waals surface area contributed by atoms with Gasteiger partial charge in [0.1, 0.15) is 0 Å². The average molecular weight is 275 g/mol. The van der Waals surface area contributed by atoms with E-state index in [0.717, 1.165) is 18.4 Å². The van der Waals surface area contributed by atoms with Crippen LogP contribution < -0.4 is 5.32 Å². The van der Waals surface area contributed by atoms with E-state index in [4.69, 9.17) is 0 Å². The molecule has 0 aliphatic rings. The van der Waals surface area contributed by atoms with Crippen molar-refractivity contribution in [2.24, 2.45) is 0 Å². The summed E-state index contributed by atoms with van der Waals surface area (Å²) in [6.07, 6.45) is 1.66. The highest BCUT2D eigenvalue weighted by Crippen LogP contribution is 2.15. The van der Waals surface area contributed by atoms with Crippen LogP contribution in [0.4, 0.5) is 0 Å². The minimum atomic E-state index is -0.406. The van der Waals surface area contributed by atoms with Crippen molar-refractivity contribution in [3.8, 4) is 0 Å². The van der Waals surface area contributed by atoms with Crippen LogP contribution in [-0.2, 0) is 6.42 Å². The third-order valence-electron chi connectivity index (χ3n) is 3.35. The van der Waals surface area contributed by atoms with Crippen LogP contribution in [-0.4, -0.2) is 17.7 Å². The number of hydrogen-bond acceptors (Lipinski definition) is 3. The molecule has 1 aromatic carbocycles. The van der Waals surface area contributed by atoms with Crippen LogP contribution in [0.2, 0.25) is 0 Å². The molecule has 0 aliphatic carbocycles. The molecule has 2 aromatic rings. The fourth-order valence-electron chi connectivity index (χ4n) is 2.12. The predicted octanol–water partition coefficient (Wildman–Crippen LogP) is 3.39. The second-order valence-corrected chi connectivity index (χ2v) is 5.56. The first kappa shape index (κ1) is 14.3. The highest BCUT2D eigenvalue weighted by Gasteiger charge is 2.11. The van der Waals surface area contributed by atoms with Gasteiger partial charge in [-0.1, -0.05) is 37.3 Å². The van der Waals surface area contributed by atoms with E-state index in [-0.39, 0.29) is 0 Å². The Kier molecular flexibility index (Phi) is 5.58. The Hall–Kier alpha value is -1.16. The lowest BCUT2D eigenvalue weighted by Crippen LogP contribution is -2.33. The number of aliphatic hydroxyl groups excluding tert-OH is 1. The van der Waals surface area contributed by atoms with Gasteiger partial charge < -0.3 is 10.4 Å². The fourth-order valence-corrected chi connectivity index (χ4v) is 2.83. The van der Waals surface area contributed by atoms with Gasteiger partial charge >= 0.3 is 0 Å². The van der Waals surface area contributed by atoms with Crippen LogP contribution in [0, 0.1) is 0 Å². The molecule has 2 unspecified atom stereocenters. The summed E-state index contributed by atoms with van der Waals surface area (Å²) in [5.41, 5.74) is 2.35. The van der Waals surface area contributed by atoms with E-state index in [2.05, 4.69) is 36.5 Å². The van der Waals surface area contributed by atoms with Gasteiger partial charge in [0.25, 0.3) is 0 Å². The molecule has 3 heteroatoms. The lowest BCUT2D eigenvalue weighted by Gasteiger charge is -2.19. The minimum Gasteiger partial charge on any atom is -0.387 e. The third kappa shape index (κ3) is 4.46. The summed E-state index contributed by atoms with van der Waals surface area (Å²) >= 11 is 1.62. The predicted molar refractivity (Wildman–Crippen MR) is 81.5 cm³/mol. The van der Waals surface area contributed by atoms with Crippen LogP contribution in [0.5, 0.6) is 0 Å². The molecule has 0 amide bonds. The summed E-state index contributed by atoms with van der Waals surface area (Å²) in [5.74, 6) is 0. The van der Waals surface area contributed by atoms with Gasteiger partial charge in [0.2, 0.25) is 0 Å². The van der Waals surface area contributed by atoms with Crippen molar-refractivity contribution in [1.29, 1.82) is 0 Å². The Balaban J connectivity index is 1.83. The zero-order valence-corrected chi connectivity index (χ0v) is 12.1. The normalized spacial score (nSPS) is 14.2. The summed E-state index contributed by atoms with van der Waals surface area (Å²) in [6.45, 7) is 2.79. The first-order valence-corrected chi connectivity index (χ1v) is 7.71. The number of nitrogens with one attached hydrogen (secondary N) is 1. The molecule has 0 fully saturated rings. The van der Waals surface area contributed by atoms with E-state index < -0.39 is 6.10 Å². The van der Waals surface area contributed by atoms with Crippen molar-refractivity contribution < 1.29 is 5.11 Å². The Morgan fingerprint density at radius 2 is 2.00 bits per heavy atom. The van der Waals surface area contributed by atoms with Crippen molar-refractivity contribution >= 4 is 11.3 Å². The highest BCUT2D eigenvalue weighted by atomic mass is 32.1. The van der Waals surface area contributed by atoms with E-state index in [9.17, 15) is 5.11 Å². The molecule has 2 rings (SSSR count). The van der Waals surface area contributed by atoms with Gasteiger partial charge in [-0.2, -0.15) is 11.3 Å². The van der Waals surface area contributed by atoms with Crippen LogP contribution in [0.1, 0.15) is 30.6 Å². The molecule has 2 nitrogen and oxygen atoms in total. The minimum absolute atomic E-state index is 0.406. The smallest absolute Gasteiger partial charge is 0.0922 e. The summed E-state index contributed by atoms with van der Waals surface area (Å²) in [7, 11) is 0. The zero-order chi connectivity index (χ0) is 13.5. The lowest BCUT2D eigenvalue weighted by atomic mass is 10.0. The number of rotatable bonds is 7. The lowest BCUT2D eigenvalue weighted by molar-refractivity contribution is 0.169. The fraction of sp³-hybridized carbons (Fsp3) is 0.375.